The van der Waals surface area contributed by atoms with Crippen molar-refractivity contribution in [2.75, 3.05) is 31.1 Å². The molecule has 1 saturated heterocycles. The van der Waals surface area contributed by atoms with Gasteiger partial charge in [-0.25, -0.2) is 0 Å². The van der Waals surface area contributed by atoms with Gasteiger partial charge in [0.25, 0.3) is 11.5 Å². The topological polar surface area (TPSA) is 58.4 Å². The van der Waals surface area contributed by atoms with Crippen LogP contribution in [0.3, 0.4) is 0 Å². The van der Waals surface area contributed by atoms with Crippen LogP contribution < -0.4 is 10.5 Å². The highest BCUT2D eigenvalue weighted by molar-refractivity contribution is 7.14. The first-order valence-corrected chi connectivity index (χ1v) is 12.2. The Labute approximate surface area is 197 Å². The number of carbonyl (C=O) groups excluding carboxylic acids is 1. The Kier molecular flexibility index (Phi) is 6.96. The largest absolute Gasteiger partial charge is 0.365 e. The molecular weight excluding hydrogens is 444 g/mol. The fourth-order valence-corrected chi connectivity index (χ4v) is 5.59. The number of rotatable bonds is 6. The number of aryl methyl sites for hydroxylation is 2. The second-order valence-corrected chi connectivity index (χ2v) is 9.35. The number of amides is 1. The van der Waals surface area contributed by atoms with E-state index < -0.39 is 0 Å². The average molecular weight is 471 g/mol. The first-order chi connectivity index (χ1) is 15.5. The van der Waals surface area contributed by atoms with Gasteiger partial charge >= 0.3 is 0 Å². The number of carbonyl (C=O) groups is 1. The van der Waals surface area contributed by atoms with Crippen molar-refractivity contribution in [3.05, 3.63) is 73.3 Å². The van der Waals surface area contributed by atoms with E-state index in [1.54, 1.807) is 17.5 Å². The second kappa shape index (κ2) is 9.88. The molecule has 0 radical (unpaired) electrons. The molecule has 4 rings (SSSR count). The summed E-state index contributed by atoms with van der Waals surface area (Å²) in [6.45, 7) is 6.68. The van der Waals surface area contributed by atoms with E-state index in [-0.39, 0.29) is 16.5 Å². The Balaban J connectivity index is 1.46. The molecule has 3 heterocycles. The second-order valence-electron chi connectivity index (χ2n) is 7.84. The predicted molar refractivity (Wildman–Crippen MR) is 131 cm³/mol. The molecule has 32 heavy (non-hydrogen) atoms. The van der Waals surface area contributed by atoms with Gasteiger partial charge in [0.15, 0.2) is 0 Å². The van der Waals surface area contributed by atoms with Gasteiger partial charge in [-0.2, -0.15) is 9.78 Å². The first-order valence-electron chi connectivity index (χ1n) is 11.0. The number of benzene rings is 1. The smallest absolute Gasteiger partial charge is 0.292 e. The number of nitrogens with zero attached hydrogens (tertiary/aromatic N) is 4. The van der Waals surface area contributed by atoms with Gasteiger partial charge in [0.1, 0.15) is 5.02 Å². The van der Waals surface area contributed by atoms with Crippen LogP contribution in [0.25, 0.3) is 5.69 Å². The molecular formula is C24H27ClN4O2S. The van der Waals surface area contributed by atoms with Crippen molar-refractivity contribution in [2.45, 2.75) is 33.1 Å². The molecule has 1 aliphatic heterocycles. The van der Waals surface area contributed by atoms with Crippen LogP contribution in [-0.2, 0) is 12.8 Å². The Hall–Kier alpha value is -2.64. The van der Waals surface area contributed by atoms with Gasteiger partial charge in [-0.1, -0.05) is 50.1 Å². The van der Waals surface area contributed by atoms with E-state index >= 15 is 0 Å². The minimum Gasteiger partial charge on any atom is -0.365 e. The van der Waals surface area contributed by atoms with E-state index in [1.807, 2.05) is 40.1 Å². The molecule has 3 aromatic rings. The minimum absolute atomic E-state index is 0.0930. The molecule has 1 fully saturated rings. The normalized spacial score (nSPS) is 14.1. The zero-order valence-corrected chi connectivity index (χ0v) is 20.0. The Morgan fingerprint density at radius 2 is 1.84 bits per heavy atom. The SMILES string of the molecule is CCCc1sc(C(=O)N2CCN(c3cnn(-c4ccccc4)c(=O)c3Cl)CC2)cc1CC. The number of anilines is 1. The molecule has 8 heteroatoms. The number of hydrogen-bond acceptors (Lipinski definition) is 5. The van der Waals surface area contributed by atoms with E-state index in [9.17, 15) is 9.59 Å². The maximum absolute atomic E-state index is 13.1. The molecule has 1 amide bonds. The number of thiophene rings is 1. The van der Waals surface area contributed by atoms with Crippen LogP contribution in [0.2, 0.25) is 5.02 Å². The summed E-state index contributed by atoms with van der Waals surface area (Å²) in [5, 5.41) is 4.48. The van der Waals surface area contributed by atoms with Gasteiger partial charge in [0, 0.05) is 31.1 Å². The van der Waals surface area contributed by atoms with Crippen molar-refractivity contribution in [3.8, 4) is 5.69 Å². The maximum Gasteiger partial charge on any atom is 0.292 e. The number of piperazine rings is 1. The lowest BCUT2D eigenvalue weighted by Gasteiger charge is -2.36. The highest BCUT2D eigenvalue weighted by Gasteiger charge is 2.26. The molecule has 168 valence electrons. The third kappa shape index (κ3) is 4.45. The average Bonchev–Trinajstić information content (AvgIpc) is 3.24. The lowest BCUT2D eigenvalue weighted by atomic mass is 10.1. The molecule has 0 N–H and O–H groups in total. The predicted octanol–water partition coefficient (Wildman–Crippen LogP) is 4.42. The lowest BCUT2D eigenvalue weighted by Crippen LogP contribution is -2.49. The van der Waals surface area contributed by atoms with E-state index in [4.69, 9.17) is 11.6 Å². The highest BCUT2D eigenvalue weighted by atomic mass is 35.5. The highest BCUT2D eigenvalue weighted by Crippen LogP contribution is 2.27. The molecule has 2 aromatic heterocycles. The van der Waals surface area contributed by atoms with E-state index in [0.29, 0.717) is 37.6 Å². The molecule has 0 atom stereocenters. The molecule has 1 aromatic carbocycles. The van der Waals surface area contributed by atoms with Crippen LogP contribution >= 0.6 is 22.9 Å². The van der Waals surface area contributed by atoms with Crippen molar-refractivity contribution in [3.63, 3.8) is 0 Å². The molecule has 1 aliphatic rings. The van der Waals surface area contributed by atoms with Crippen LogP contribution in [0.4, 0.5) is 5.69 Å². The third-order valence-corrected chi connectivity index (χ3v) is 7.35. The van der Waals surface area contributed by atoms with Crippen LogP contribution in [0.1, 0.15) is 40.4 Å². The Morgan fingerprint density at radius 3 is 2.50 bits per heavy atom. The minimum atomic E-state index is -0.344. The Bertz CT molecular complexity index is 1150. The molecule has 0 saturated carbocycles. The zero-order chi connectivity index (χ0) is 22.7. The summed E-state index contributed by atoms with van der Waals surface area (Å²) >= 11 is 8.08. The summed E-state index contributed by atoms with van der Waals surface area (Å²) in [7, 11) is 0. The number of aromatic nitrogens is 2. The van der Waals surface area contributed by atoms with Gasteiger partial charge in [0.05, 0.1) is 22.4 Å². The van der Waals surface area contributed by atoms with Gasteiger partial charge in [-0.3, -0.25) is 9.59 Å². The molecule has 0 bridgehead atoms. The fourth-order valence-electron chi connectivity index (χ4n) is 4.01. The van der Waals surface area contributed by atoms with Crippen molar-refractivity contribution in [2.24, 2.45) is 0 Å². The molecule has 0 spiro atoms. The Morgan fingerprint density at radius 1 is 1.12 bits per heavy atom. The summed E-state index contributed by atoms with van der Waals surface area (Å²) in [5.74, 6) is 0.0930. The van der Waals surface area contributed by atoms with Crippen molar-refractivity contribution >= 4 is 34.5 Å². The standard InChI is InChI=1S/C24H27ClN4O2S/c1-3-8-20-17(4-2)15-21(32-20)23(30)28-13-11-27(12-14-28)19-16-26-29(24(31)22(19)25)18-9-6-5-7-10-18/h5-7,9-10,15-16H,3-4,8,11-14H2,1-2H3. The summed E-state index contributed by atoms with van der Waals surface area (Å²) in [6.07, 6.45) is 4.69. The van der Waals surface area contributed by atoms with Crippen LogP contribution in [0, 0.1) is 0 Å². The molecule has 6 nitrogen and oxygen atoms in total. The molecule has 0 aliphatic carbocycles. The van der Waals surface area contributed by atoms with Gasteiger partial charge in [0.2, 0.25) is 0 Å². The van der Waals surface area contributed by atoms with Gasteiger partial charge in [-0.05, 0) is 36.6 Å². The fraction of sp³-hybridized carbons (Fsp3) is 0.375. The third-order valence-electron chi connectivity index (χ3n) is 5.77. The van der Waals surface area contributed by atoms with E-state index in [0.717, 1.165) is 24.1 Å². The van der Waals surface area contributed by atoms with E-state index in [2.05, 4.69) is 25.0 Å². The van der Waals surface area contributed by atoms with Crippen LogP contribution in [0.15, 0.2) is 47.4 Å². The zero-order valence-electron chi connectivity index (χ0n) is 18.4. The summed E-state index contributed by atoms with van der Waals surface area (Å²) in [4.78, 5) is 31.9. The maximum atomic E-state index is 13.1. The summed E-state index contributed by atoms with van der Waals surface area (Å²) < 4.78 is 1.31. The van der Waals surface area contributed by atoms with Crippen molar-refractivity contribution in [1.82, 2.24) is 14.7 Å². The van der Waals surface area contributed by atoms with E-state index in [1.165, 1.54) is 15.1 Å². The van der Waals surface area contributed by atoms with Crippen LogP contribution in [-0.4, -0.2) is 46.8 Å². The van der Waals surface area contributed by atoms with Gasteiger partial charge < -0.3 is 9.80 Å². The number of hydrogen-bond donors (Lipinski definition) is 0. The lowest BCUT2D eigenvalue weighted by molar-refractivity contribution is 0.0751. The quantitative estimate of drug-likeness (QED) is 0.535. The van der Waals surface area contributed by atoms with Crippen molar-refractivity contribution in [1.29, 1.82) is 0 Å². The van der Waals surface area contributed by atoms with Crippen molar-refractivity contribution < 1.29 is 4.79 Å². The monoisotopic (exact) mass is 470 g/mol. The summed E-state index contributed by atoms with van der Waals surface area (Å²) in [6, 6.07) is 11.3. The number of halogens is 1. The van der Waals surface area contributed by atoms with Crippen LogP contribution in [0.5, 0.6) is 0 Å². The van der Waals surface area contributed by atoms with Gasteiger partial charge in [-0.15, -0.1) is 11.3 Å². The number of para-hydroxylation sites is 1. The first kappa shape index (κ1) is 22.6. The summed E-state index contributed by atoms with van der Waals surface area (Å²) in [5.41, 5.74) is 2.23. The molecule has 0 unspecified atom stereocenters.